The number of likely N-dealkylation sites (N-methyl/N-ethyl adjacent to an activating group) is 1. The molecule has 6 nitrogen and oxygen atoms in total. The molecule has 0 saturated carbocycles. The van der Waals surface area contributed by atoms with Crippen molar-refractivity contribution in [3.8, 4) is 0 Å². The number of anilines is 2. The maximum atomic E-state index is 13.5. The first kappa shape index (κ1) is 20.8. The minimum atomic E-state index is -0.393. The number of carbonyl (C=O) groups excluding carboxylic acids is 2. The molecule has 8 heteroatoms. The van der Waals surface area contributed by atoms with Gasteiger partial charge in [-0.3, -0.25) is 14.5 Å². The van der Waals surface area contributed by atoms with E-state index in [1.165, 1.54) is 11.3 Å². The summed E-state index contributed by atoms with van der Waals surface area (Å²) in [4.78, 5) is 36.2. The van der Waals surface area contributed by atoms with Crippen LogP contribution < -0.4 is 9.80 Å². The average molecular weight is 443 g/mol. The van der Waals surface area contributed by atoms with Gasteiger partial charge in [-0.05, 0) is 44.4 Å². The Hall–Kier alpha value is -2.48. The predicted octanol–water partition coefficient (Wildman–Crippen LogP) is 3.90. The number of aromatic nitrogens is 1. The van der Waals surface area contributed by atoms with Crippen molar-refractivity contribution in [3.05, 3.63) is 53.6 Å². The lowest BCUT2D eigenvalue weighted by atomic mass is 10.1. The summed E-state index contributed by atoms with van der Waals surface area (Å²) in [5.41, 5.74) is 1.64. The Balaban J connectivity index is 1.60. The number of halogens is 1. The number of fused-ring (bicyclic) bond motifs is 1. The molecule has 1 aliphatic heterocycles. The molecular formula is C22H23ClN4O2S. The molecule has 1 fully saturated rings. The lowest BCUT2D eigenvalue weighted by Crippen LogP contribution is -2.41. The summed E-state index contributed by atoms with van der Waals surface area (Å²) in [5, 5.41) is 1.29. The molecular weight excluding hydrogens is 420 g/mol. The minimum Gasteiger partial charge on any atom is -0.312 e. The number of amides is 2. The number of benzene rings is 2. The fourth-order valence-corrected chi connectivity index (χ4v) is 4.83. The summed E-state index contributed by atoms with van der Waals surface area (Å²) in [6.07, 6.45) is 0.211. The lowest BCUT2D eigenvalue weighted by molar-refractivity contribution is -0.124. The zero-order valence-electron chi connectivity index (χ0n) is 16.9. The molecule has 2 aromatic carbocycles. The maximum Gasteiger partial charge on any atom is 0.234 e. The van der Waals surface area contributed by atoms with Gasteiger partial charge >= 0.3 is 0 Å². The summed E-state index contributed by atoms with van der Waals surface area (Å²) in [5.74, 6) is -0.479. The largest absolute Gasteiger partial charge is 0.312 e. The Morgan fingerprint density at radius 2 is 1.97 bits per heavy atom. The van der Waals surface area contributed by atoms with E-state index in [9.17, 15) is 9.59 Å². The SMILES string of the molecule is CN(C)CCN(C(=O)[C@@H]1CC(=O)N(c2ccccc2)C1)c1nc2ccc(Cl)cc2s1. The zero-order chi connectivity index (χ0) is 21.3. The number of hydrogen-bond acceptors (Lipinski definition) is 5. The Kier molecular flexibility index (Phi) is 6.04. The average Bonchev–Trinajstić information content (AvgIpc) is 3.31. The molecule has 1 saturated heterocycles. The lowest BCUT2D eigenvalue weighted by Gasteiger charge is -2.24. The van der Waals surface area contributed by atoms with Crippen LogP contribution in [0.4, 0.5) is 10.8 Å². The van der Waals surface area contributed by atoms with Crippen molar-refractivity contribution in [2.45, 2.75) is 6.42 Å². The number of para-hydroxylation sites is 1. The van der Waals surface area contributed by atoms with Gasteiger partial charge in [0, 0.05) is 36.8 Å². The molecule has 0 unspecified atom stereocenters. The van der Waals surface area contributed by atoms with Crippen LogP contribution in [0.5, 0.6) is 0 Å². The van der Waals surface area contributed by atoms with E-state index in [0.717, 1.165) is 15.9 Å². The van der Waals surface area contributed by atoms with Crippen LogP contribution in [-0.2, 0) is 9.59 Å². The summed E-state index contributed by atoms with van der Waals surface area (Å²) >= 11 is 7.56. The number of hydrogen-bond donors (Lipinski definition) is 0. The van der Waals surface area contributed by atoms with E-state index in [1.807, 2.05) is 61.5 Å². The molecule has 1 aromatic heterocycles. The monoisotopic (exact) mass is 442 g/mol. The molecule has 1 atom stereocenters. The molecule has 0 aliphatic carbocycles. The van der Waals surface area contributed by atoms with E-state index in [2.05, 4.69) is 4.98 Å². The Morgan fingerprint density at radius 1 is 1.20 bits per heavy atom. The first-order valence-electron chi connectivity index (χ1n) is 9.80. The minimum absolute atomic E-state index is 0.0248. The third-order valence-electron chi connectivity index (χ3n) is 5.15. The molecule has 2 heterocycles. The molecule has 0 spiro atoms. The van der Waals surface area contributed by atoms with Crippen LogP contribution in [0.1, 0.15) is 6.42 Å². The summed E-state index contributed by atoms with van der Waals surface area (Å²) in [7, 11) is 3.94. The predicted molar refractivity (Wildman–Crippen MR) is 122 cm³/mol. The summed E-state index contributed by atoms with van der Waals surface area (Å²) < 4.78 is 0.938. The first-order valence-corrected chi connectivity index (χ1v) is 11.0. The van der Waals surface area contributed by atoms with Crippen LogP contribution in [0.3, 0.4) is 0 Å². The van der Waals surface area contributed by atoms with Crippen molar-refractivity contribution < 1.29 is 9.59 Å². The molecule has 0 radical (unpaired) electrons. The summed E-state index contributed by atoms with van der Waals surface area (Å²) in [6.45, 7) is 1.60. The standard InChI is InChI=1S/C22H23ClN4O2S/c1-25(2)10-11-26(22-24-18-9-8-16(23)13-19(18)30-22)21(29)15-12-20(28)27(14-15)17-6-4-3-5-7-17/h3-9,13,15H,10-12,14H2,1-2H3/t15-/m1/s1. The highest BCUT2D eigenvalue weighted by Gasteiger charge is 2.38. The number of rotatable bonds is 6. The zero-order valence-corrected chi connectivity index (χ0v) is 18.5. The van der Waals surface area contributed by atoms with Gasteiger partial charge in [0.05, 0.1) is 16.1 Å². The Morgan fingerprint density at radius 3 is 2.70 bits per heavy atom. The second kappa shape index (κ2) is 8.71. The van der Waals surface area contributed by atoms with Gasteiger partial charge in [-0.15, -0.1) is 0 Å². The van der Waals surface area contributed by atoms with E-state index in [-0.39, 0.29) is 18.2 Å². The second-order valence-corrected chi connectivity index (χ2v) is 9.09. The van der Waals surface area contributed by atoms with Crippen LogP contribution in [0, 0.1) is 5.92 Å². The van der Waals surface area contributed by atoms with Crippen molar-refractivity contribution >= 4 is 55.8 Å². The fourth-order valence-electron chi connectivity index (χ4n) is 3.55. The third kappa shape index (κ3) is 4.33. The van der Waals surface area contributed by atoms with Crippen molar-refractivity contribution in [2.24, 2.45) is 5.92 Å². The van der Waals surface area contributed by atoms with Crippen LogP contribution in [-0.4, -0.2) is 55.4 Å². The smallest absolute Gasteiger partial charge is 0.234 e. The molecule has 3 aromatic rings. The van der Waals surface area contributed by atoms with E-state index in [4.69, 9.17) is 11.6 Å². The Labute approximate surface area is 184 Å². The maximum absolute atomic E-state index is 13.5. The van der Waals surface area contributed by atoms with E-state index >= 15 is 0 Å². The van der Waals surface area contributed by atoms with Crippen molar-refractivity contribution in [3.63, 3.8) is 0 Å². The van der Waals surface area contributed by atoms with Crippen LogP contribution in [0.15, 0.2) is 48.5 Å². The molecule has 4 rings (SSSR count). The van der Waals surface area contributed by atoms with E-state index in [1.54, 1.807) is 15.9 Å². The highest BCUT2D eigenvalue weighted by molar-refractivity contribution is 7.22. The van der Waals surface area contributed by atoms with Crippen molar-refractivity contribution in [2.75, 3.05) is 43.5 Å². The van der Waals surface area contributed by atoms with Crippen LogP contribution in [0.25, 0.3) is 10.2 Å². The van der Waals surface area contributed by atoms with Gasteiger partial charge in [0.15, 0.2) is 5.13 Å². The van der Waals surface area contributed by atoms with Gasteiger partial charge in [0.2, 0.25) is 11.8 Å². The normalized spacial score (nSPS) is 16.6. The van der Waals surface area contributed by atoms with Crippen molar-refractivity contribution in [1.29, 1.82) is 0 Å². The van der Waals surface area contributed by atoms with Gasteiger partial charge in [0.1, 0.15) is 0 Å². The molecule has 2 amide bonds. The van der Waals surface area contributed by atoms with Crippen LogP contribution >= 0.6 is 22.9 Å². The second-order valence-electron chi connectivity index (χ2n) is 7.64. The van der Waals surface area contributed by atoms with E-state index in [0.29, 0.717) is 29.8 Å². The third-order valence-corrected chi connectivity index (χ3v) is 6.43. The van der Waals surface area contributed by atoms with Gasteiger partial charge < -0.3 is 9.80 Å². The number of thiazole rings is 1. The van der Waals surface area contributed by atoms with Gasteiger partial charge in [0.25, 0.3) is 0 Å². The highest BCUT2D eigenvalue weighted by Crippen LogP contribution is 2.33. The van der Waals surface area contributed by atoms with Crippen molar-refractivity contribution in [1.82, 2.24) is 9.88 Å². The topological polar surface area (TPSA) is 56.8 Å². The van der Waals surface area contributed by atoms with Gasteiger partial charge in [-0.1, -0.05) is 41.1 Å². The molecule has 0 N–H and O–H groups in total. The fraction of sp³-hybridized carbons (Fsp3) is 0.318. The molecule has 1 aliphatic rings. The number of carbonyl (C=O) groups is 2. The van der Waals surface area contributed by atoms with Crippen LogP contribution in [0.2, 0.25) is 5.02 Å². The van der Waals surface area contributed by atoms with Gasteiger partial charge in [-0.2, -0.15) is 0 Å². The Bertz CT molecular complexity index is 1070. The highest BCUT2D eigenvalue weighted by atomic mass is 35.5. The molecule has 156 valence electrons. The van der Waals surface area contributed by atoms with Gasteiger partial charge in [-0.25, -0.2) is 4.98 Å². The molecule has 0 bridgehead atoms. The van der Waals surface area contributed by atoms with E-state index < -0.39 is 5.92 Å². The first-order chi connectivity index (χ1) is 14.4. The molecule has 30 heavy (non-hydrogen) atoms. The number of nitrogens with zero attached hydrogens (tertiary/aromatic N) is 4. The summed E-state index contributed by atoms with van der Waals surface area (Å²) in [6, 6.07) is 15.0. The quantitative estimate of drug-likeness (QED) is 0.581.